The molecule has 2 amide bonds. The number of carbonyl (C=O) groups is 2. The first-order chi connectivity index (χ1) is 17.2. The molecule has 0 bridgehead atoms. The minimum absolute atomic E-state index is 0. The highest BCUT2D eigenvalue weighted by Crippen LogP contribution is 2.28. The molecule has 9 nitrogen and oxygen atoms in total. The number of nitrogens with zero attached hydrogens (tertiary/aromatic N) is 4. The van der Waals surface area contributed by atoms with E-state index in [9.17, 15) is 18.0 Å². The number of aryl methyl sites for hydroxylation is 1. The van der Waals surface area contributed by atoms with E-state index in [0.29, 0.717) is 43.3 Å². The Kier molecular flexibility index (Phi) is 9.36. The third kappa shape index (κ3) is 5.51. The Morgan fingerprint density at radius 1 is 1.13 bits per heavy atom. The molecule has 2 aromatic carbocycles. The quantitative estimate of drug-likeness (QED) is 0.457. The summed E-state index contributed by atoms with van der Waals surface area (Å²) >= 11 is 6.03. The molecule has 38 heavy (non-hydrogen) atoms. The fourth-order valence-corrected chi connectivity index (χ4v) is 6.87. The van der Waals surface area contributed by atoms with Gasteiger partial charge in [-0.05, 0) is 61.9 Å². The number of hydrogen-bond donors (Lipinski definition) is 1. The summed E-state index contributed by atoms with van der Waals surface area (Å²) < 4.78 is 28.3. The van der Waals surface area contributed by atoms with Gasteiger partial charge in [0.25, 0.3) is 0 Å². The largest absolute Gasteiger partial charge is 0.342 e. The molecule has 2 aliphatic rings. The van der Waals surface area contributed by atoms with Crippen molar-refractivity contribution in [2.24, 2.45) is 0 Å². The van der Waals surface area contributed by atoms with Gasteiger partial charge in [0.05, 0.1) is 29.8 Å². The first-order valence-electron chi connectivity index (χ1n) is 11.9. The molecule has 5 rings (SSSR count). The van der Waals surface area contributed by atoms with Crippen LogP contribution in [0.3, 0.4) is 0 Å². The second-order valence-corrected chi connectivity index (χ2v) is 11.9. The van der Waals surface area contributed by atoms with Crippen molar-refractivity contribution in [1.29, 1.82) is 0 Å². The zero-order valence-corrected chi connectivity index (χ0v) is 24.2. The molecule has 1 N–H and O–H groups in total. The lowest BCUT2D eigenvalue weighted by Crippen LogP contribution is -2.49. The molecule has 1 atom stereocenters. The van der Waals surface area contributed by atoms with E-state index in [0.717, 1.165) is 16.5 Å². The van der Waals surface area contributed by atoms with Gasteiger partial charge in [0, 0.05) is 24.2 Å². The van der Waals surface area contributed by atoms with Crippen LogP contribution in [-0.2, 0) is 21.2 Å². The first kappa shape index (κ1) is 30.2. The van der Waals surface area contributed by atoms with Crippen LogP contribution in [0.1, 0.15) is 30.8 Å². The van der Waals surface area contributed by atoms with Crippen LogP contribution in [-0.4, -0.2) is 71.3 Å². The van der Waals surface area contributed by atoms with Gasteiger partial charge < -0.3 is 15.1 Å². The summed E-state index contributed by atoms with van der Waals surface area (Å²) in [6.07, 6.45) is 2.87. The molecule has 0 saturated carbocycles. The van der Waals surface area contributed by atoms with E-state index in [1.165, 1.54) is 0 Å². The van der Waals surface area contributed by atoms with Gasteiger partial charge in [0.2, 0.25) is 5.91 Å². The maximum Gasteiger partial charge on any atom is 0.330 e. The van der Waals surface area contributed by atoms with Crippen molar-refractivity contribution < 1.29 is 18.0 Å². The van der Waals surface area contributed by atoms with Crippen LogP contribution in [0.15, 0.2) is 47.5 Å². The third-order valence-electron chi connectivity index (χ3n) is 7.20. The Labute approximate surface area is 239 Å². The van der Waals surface area contributed by atoms with Gasteiger partial charge in [-0.2, -0.15) is 0 Å². The summed E-state index contributed by atoms with van der Waals surface area (Å²) in [5, 5.41) is 3.96. The Morgan fingerprint density at radius 3 is 2.45 bits per heavy atom. The van der Waals surface area contributed by atoms with Crippen molar-refractivity contribution in [3.63, 3.8) is 0 Å². The van der Waals surface area contributed by atoms with Crippen LogP contribution in [0.25, 0.3) is 10.8 Å². The zero-order chi connectivity index (χ0) is 25.6. The summed E-state index contributed by atoms with van der Waals surface area (Å²) in [7, 11) is -2.25. The van der Waals surface area contributed by atoms with E-state index in [-0.39, 0.29) is 54.1 Å². The third-order valence-corrected chi connectivity index (χ3v) is 9.49. The van der Waals surface area contributed by atoms with E-state index >= 15 is 0 Å². The number of rotatable bonds is 6. The highest BCUT2D eigenvalue weighted by molar-refractivity contribution is 7.92. The number of hydrogen-bond acceptors (Lipinski definition) is 6. The molecule has 3 aromatic rings. The second-order valence-electron chi connectivity index (χ2n) is 9.33. The maximum atomic E-state index is 13.4. The molecular weight excluding hydrogens is 573 g/mol. The molecule has 1 unspecified atom stereocenters. The average Bonchev–Trinajstić information content (AvgIpc) is 3.41. The highest BCUT2D eigenvalue weighted by atomic mass is 35.5. The average molecular weight is 603 g/mol. The monoisotopic (exact) mass is 601 g/mol. The number of halogens is 3. The molecule has 1 fully saturated rings. The number of sulfone groups is 1. The molecule has 1 aromatic heterocycles. The lowest BCUT2D eigenvalue weighted by molar-refractivity contribution is -0.132. The molecular formula is C25H30Cl3N5O4S. The number of nitrogens with one attached hydrogen (secondary N) is 1. The van der Waals surface area contributed by atoms with Crippen LogP contribution >= 0.6 is 36.4 Å². The summed E-state index contributed by atoms with van der Waals surface area (Å²) in [4.78, 5) is 33.8. The normalized spacial score (nSPS) is 16.7. The molecule has 2 aliphatic heterocycles. The summed E-state index contributed by atoms with van der Waals surface area (Å²) in [5.41, 5.74) is 0.884. The van der Waals surface area contributed by atoms with E-state index in [1.807, 2.05) is 11.8 Å². The molecule has 1 saturated heterocycles. The van der Waals surface area contributed by atoms with E-state index < -0.39 is 15.2 Å². The van der Waals surface area contributed by atoms with Gasteiger partial charge in [-0.15, -0.1) is 24.8 Å². The lowest BCUT2D eigenvalue weighted by atomic mass is 10.0. The number of fused-ring (bicyclic) bond motifs is 2. The Balaban J connectivity index is 0.00000200. The fraction of sp³-hybridized carbons (Fsp3) is 0.400. The van der Waals surface area contributed by atoms with Crippen LogP contribution in [0.4, 0.5) is 4.79 Å². The van der Waals surface area contributed by atoms with Gasteiger partial charge in [-0.1, -0.05) is 23.7 Å². The van der Waals surface area contributed by atoms with Gasteiger partial charge in [-0.25, -0.2) is 18.2 Å². The predicted octanol–water partition coefficient (Wildman–Crippen LogP) is 4.03. The minimum Gasteiger partial charge on any atom is -0.342 e. The Morgan fingerprint density at radius 2 is 1.79 bits per heavy atom. The molecule has 206 valence electrons. The zero-order valence-electron chi connectivity index (χ0n) is 21.0. The number of benzene rings is 2. The summed E-state index contributed by atoms with van der Waals surface area (Å²) in [6, 6.07) is 10.1. The molecule has 3 heterocycles. The minimum atomic E-state index is -3.80. The van der Waals surface area contributed by atoms with Crippen LogP contribution < -0.4 is 5.32 Å². The van der Waals surface area contributed by atoms with Crippen molar-refractivity contribution in [1.82, 2.24) is 24.7 Å². The van der Waals surface area contributed by atoms with E-state index in [1.54, 1.807) is 59.1 Å². The van der Waals surface area contributed by atoms with Gasteiger partial charge >= 0.3 is 6.03 Å². The fourth-order valence-electron chi connectivity index (χ4n) is 5.14. The first-order valence-corrected chi connectivity index (χ1v) is 13.8. The maximum absolute atomic E-state index is 13.4. The van der Waals surface area contributed by atoms with Crippen molar-refractivity contribution in [3.8, 4) is 0 Å². The van der Waals surface area contributed by atoms with Gasteiger partial charge in [0.1, 0.15) is 11.2 Å². The van der Waals surface area contributed by atoms with Crippen molar-refractivity contribution in [2.75, 3.05) is 20.1 Å². The predicted molar refractivity (Wildman–Crippen MR) is 151 cm³/mol. The molecule has 0 spiro atoms. The number of amides is 2. The van der Waals surface area contributed by atoms with Crippen molar-refractivity contribution >= 4 is 69.0 Å². The lowest BCUT2D eigenvalue weighted by Gasteiger charge is -2.36. The molecule has 13 heteroatoms. The number of piperidine rings is 1. The van der Waals surface area contributed by atoms with Crippen molar-refractivity contribution in [3.05, 3.63) is 59.1 Å². The van der Waals surface area contributed by atoms with Crippen LogP contribution in [0.5, 0.6) is 0 Å². The number of imidazole rings is 1. The Hall–Kier alpha value is -2.37. The second kappa shape index (κ2) is 11.8. The SMILES string of the molecule is CNC(CC(=O)N1CCC(N2Cc3cnc(C)n3C2=O)CC1)S(=O)(=O)c1ccc2cc(Cl)ccc2c1.Cl.Cl. The van der Waals surface area contributed by atoms with E-state index in [4.69, 9.17) is 11.6 Å². The topological polar surface area (TPSA) is 105 Å². The number of carbonyl (C=O) groups excluding carboxylic acids is 2. The van der Waals surface area contributed by atoms with Crippen molar-refractivity contribution in [2.45, 2.75) is 49.0 Å². The van der Waals surface area contributed by atoms with Crippen LogP contribution in [0.2, 0.25) is 5.02 Å². The van der Waals surface area contributed by atoms with Gasteiger partial charge in [0.15, 0.2) is 9.84 Å². The molecule has 0 aliphatic carbocycles. The standard InChI is InChI=1S/C25H28ClN5O4S.2ClH/c1-16-28-14-21-15-30(25(33)31(16)21)20-7-9-29(10-8-20)24(32)13-23(27-2)36(34,35)22-6-4-17-11-19(26)5-3-18(17)12-22;;/h3-6,11-12,14,20,23,27H,7-10,13,15H2,1-2H3;2*1H. The smallest absolute Gasteiger partial charge is 0.330 e. The van der Waals surface area contributed by atoms with Crippen LogP contribution in [0, 0.1) is 6.92 Å². The number of likely N-dealkylation sites (tertiary alicyclic amines) is 1. The summed E-state index contributed by atoms with van der Waals surface area (Å²) in [5.74, 6) is 0.461. The highest BCUT2D eigenvalue weighted by Gasteiger charge is 2.37. The Bertz CT molecular complexity index is 1450. The van der Waals surface area contributed by atoms with Gasteiger partial charge in [-0.3, -0.25) is 9.36 Å². The van der Waals surface area contributed by atoms with E-state index in [2.05, 4.69) is 10.3 Å². The number of aromatic nitrogens is 2. The summed E-state index contributed by atoms with van der Waals surface area (Å²) in [6.45, 7) is 3.29. The molecule has 0 radical (unpaired) electrons.